The molecule has 142 valence electrons. The van der Waals surface area contributed by atoms with Crippen LogP contribution in [0.1, 0.15) is 35.6 Å². The first kappa shape index (κ1) is 19.7. The van der Waals surface area contributed by atoms with E-state index in [1.54, 1.807) is 6.92 Å². The minimum Gasteiger partial charge on any atom is -0.465 e. The zero-order valence-corrected chi connectivity index (χ0v) is 15.4. The van der Waals surface area contributed by atoms with E-state index in [9.17, 15) is 19.5 Å². The average molecular weight is 386 g/mol. The van der Waals surface area contributed by atoms with Crippen molar-refractivity contribution < 1.29 is 24.2 Å². The summed E-state index contributed by atoms with van der Waals surface area (Å²) >= 11 is 5.76. The molecule has 1 aliphatic rings. The Morgan fingerprint density at radius 3 is 2.77 bits per heavy atom. The number of carbonyl (C=O) groups is 3. The number of hydrogen-bond donors (Lipinski definition) is 2. The van der Waals surface area contributed by atoms with E-state index in [1.165, 1.54) is 18.9 Å². The van der Waals surface area contributed by atoms with Crippen LogP contribution in [-0.4, -0.2) is 74.5 Å². The molecule has 0 fully saturated rings. The maximum atomic E-state index is 12.7. The van der Waals surface area contributed by atoms with Gasteiger partial charge in [-0.1, -0.05) is 0 Å². The molecule has 1 aromatic rings. The van der Waals surface area contributed by atoms with Crippen molar-refractivity contribution in [2.24, 2.45) is 5.10 Å². The van der Waals surface area contributed by atoms with E-state index in [0.717, 1.165) is 5.01 Å². The number of halogens is 1. The van der Waals surface area contributed by atoms with Crippen LogP contribution in [0.2, 0.25) is 0 Å². The number of H-pyrrole nitrogens is 1. The predicted molar refractivity (Wildman–Crippen MR) is 92.2 cm³/mol. The quantitative estimate of drug-likeness (QED) is 0.337. The minimum atomic E-state index is -1.06. The molecular weight excluding hydrogens is 366 g/mol. The van der Waals surface area contributed by atoms with Gasteiger partial charge >= 0.3 is 12.1 Å². The third kappa shape index (κ3) is 4.31. The third-order valence-corrected chi connectivity index (χ3v) is 4.25. The molecule has 0 bridgehead atoms. The molecule has 0 aliphatic carbocycles. The van der Waals surface area contributed by atoms with E-state index in [0.29, 0.717) is 23.4 Å². The summed E-state index contributed by atoms with van der Waals surface area (Å²) < 4.78 is 4.82. The number of fused-ring (bicyclic) bond motifs is 1. The summed E-state index contributed by atoms with van der Waals surface area (Å²) in [4.78, 5) is 36.1. The van der Waals surface area contributed by atoms with Crippen molar-refractivity contribution in [3.63, 3.8) is 0 Å². The Labute approximate surface area is 154 Å². The average Bonchev–Trinajstić information content (AvgIpc) is 2.98. The summed E-state index contributed by atoms with van der Waals surface area (Å²) in [5.41, 5.74) is 1.66. The lowest BCUT2D eigenvalue weighted by atomic mass is 10.00. The molecule has 11 heteroatoms. The summed E-state index contributed by atoms with van der Waals surface area (Å²) in [6, 6.07) is -0.228. The van der Waals surface area contributed by atoms with Crippen LogP contribution in [-0.2, 0) is 22.5 Å². The molecule has 1 aliphatic heterocycles. The fourth-order valence-corrected chi connectivity index (χ4v) is 2.72. The van der Waals surface area contributed by atoms with Crippen LogP contribution in [0.3, 0.4) is 0 Å². The molecule has 0 unspecified atom stereocenters. The smallest absolute Gasteiger partial charge is 0.407 e. The molecule has 2 amide bonds. The van der Waals surface area contributed by atoms with Crippen LogP contribution < -0.4 is 0 Å². The highest BCUT2D eigenvalue weighted by Crippen LogP contribution is 2.25. The normalized spacial score (nSPS) is 16.8. The van der Waals surface area contributed by atoms with E-state index in [1.807, 2.05) is 0 Å². The van der Waals surface area contributed by atoms with Gasteiger partial charge < -0.3 is 14.7 Å². The Morgan fingerprint density at radius 1 is 1.50 bits per heavy atom. The minimum absolute atomic E-state index is 0.0176. The Morgan fingerprint density at radius 2 is 2.19 bits per heavy atom. The molecule has 0 radical (unpaired) electrons. The highest BCUT2D eigenvalue weighted by atomic mass is 35.5. The number of alkyl halides is 1. The molecule has 2 heterocycles. The van der Waals surface area contributed by atoms with Gasteiger partial charge in [0.1, 0.15) is 12.3 Å². The largest absolute Gasteiger partial charge is 0.465 e. The van der Waals surface area contributed by atoms with Gasteiger partial charge in [0.25, 0.3) is 5.91 Å². The number of hydrogen-bond acceptors (Lipinski definition) is 6. The van der Waals surface area contributed by atoms with E-state index in [2.05, 4.69) is 15.3 Å². The number of amides is 2. The monoisotopic (exact) mass is 385 g/mol. The zero-order valence-electron chi connectivity index (χ0n) is 14.7. The molecule has 2 rings (SSSR count). The number of aromatic nitrogens is 2. The Hall–Kier alpha value is -2.62. The van der Waals surface area contributed by atoms with Crippen LogP contribution in [0.5, 0.6) is 0 Å². The summed E-state index contributed by atoms with van der Waals surface area (Å²) in [6.07, 6.45) is -0.641. The molecule has 26 heavy (non-hydrogen) atoms. The summed E-state index contributed by atoms with van der Waals surface area (Å²) in [6.45, 7) is 2.98. The Bertz CT molecular complexity index is 747. The second kappa shape index (κ2) is 8.17. The first-order valence-electron chi connectivity index (χ1n) is 7.84. The Balaban J connectivity index is 2.20. The molecule has 0 saturated carbocycles. The number of hydrazone groups is 1. The first-order valence-corrected chi connectivity index (χ1v) is 8.37. The van der Waals surface area contributed by atoms with Crippen molar-refractivity contribution in [1.82, 2.24) is 20.1 Å². The fourth-order valence-electron chi connectivity index (χ4n) is 2.59. The van der Waals surface area contributed by atoms with Crippen LogP contribution >= 0.6 is 11.6 Å². The Kier molecular flexibility index (Phi) is 6.19. The molecule has 2 N–H and O–H groups in total. The van der Waals surface area contributed by atoms with Crippen molar-refractivity contribution in [2.45, 2.75) is 32.9 Å². The van der Waals surface area contributed by atoms with Gasteiger partial charge in [0, 0.05) is 32.0 Å². The van der Waals surface area contributed by atoms with E-state index < -0.39 is 18.0 Å². The second-order valence-electron chi connectivity index (χ2n) is 5.90. The van der Waals surface area contributed by atoms with Gasteiger partial charge in [0.05, 0.1) is 23.8 Å². The van der Waals surface area contributed by atoms with Gasteiger partial charge in [-0.15, -0.1) is 11.6 Å². The summed E-state index contributed by atoms with van der Waals surface area (Å²) in [5, 5.41) is 21.2. The van der Waals surface area contributed by atoms with Gasteiger partial charge in [-0.3, -0.25) is 14.7 Å². The van der Waals surface area contributed by atoms with Crippen molar-refractivity contribution in [3.05, 3.63) is 17.0 Å². The van der Waals surface area contributed by atoms with Crippen LogP contribution in [0, 0.1) is 0 Å². The van der Waals surface area contributed by atoms with Gasteiger partial charge in [-0.05, 0) is 6.92 Å². The number of nitrogens with zero attached hydrogens (tertiary/aromatic N) is 4. The topological polar surface area (TPSA) is 128 Å². The van der Waals surface area contributed by atoms with Crippen LogP contribution in [0.25, 0.3) is 0 Å². The maximum absolute atomic E-state index is 12.7. The molecule has 0 spiro atoms. The number of carboxylic acid groups (broad SMARTS) is 1. The first-order chi connectivity index (χ1) is 12.2. The lowest BCUT2D eigenvalue weighted by Gasteiger charge is -2.30. The molecule has 0 saturated heterocycles. The van der Waals surface area contributed by atoms with Crippen molar-refractivity contribution in [3.8, 4) is 0 Å². The van der Waals surface area contributed by atoms with E-state index in [4.69, 9.17) is 16.3 Å². The van der Waals surface area contributed by atoms with Crippen molar-refractivity contribution in [1.29, 1.82) is 0 Å². The number of nitrogens with one attached hydrogen (secondary N) is 1. The third-order valence-electron chi connectivity index (χ3n) is 3.94. The van der Waals surface area contributed by atoms with E-state index >= 15 is 0 Å². The number of rotatable bonds is 5. The van der Waals surface area contributed by atoms with Gasteiger partial charge in [0.2, 0.25) is 0 Å². The highest BCUT2D eigenvalue weighted by molar-refractivity contribution is 6.29. The maximum Gasteiger partial charge on any atom is 0.407 e. The molecule has 1 atom stereocenters. The molecular formula is C15H20ClN5O5. The number of carbonyl (C=O) groups excluding carboxylic acids is 2. The number of esters is 1. The summed E-state index contributed by atoms with van der Waals surface area (Å²) in [5.74, 6) is -0.998. The fraction of sp³-hybridized carbons (Fsp3) is 0.533. The predicted octanol–water partition coefficient (Wildman–Crippen LogP) is 1.06. The summed E-state index contributed by atoms with van der Waals surface area (Å²) in [7, 11) is 1.43. The molecule has 10 nitrogen and oxygen atoms in total. The highest BCUT2D eigenvalue weighted by Gasteiger charge is 2.32. The van der Waals surface area contributed by atoms with E-state index in [-0.39, 0.29) is 30.8 Å². The number of aromatic amines is 1. The lowest BCUT2D eigenvalue weighted by Crippen LogP contribution is -2.42. The molecule has 1 aromatic heterocycles. The van der Waals surface area contributed by atoms with Crippen LogP contribution in [0.15, 0.2) is 5.10 Å². The number of ether oxygens (including phenoxy) is 1. The SMILES string of the molecule is CC(=O)OC/C(CCl)=N/N(C)C(=O)c1[nH]nc2c1CN(C(=O)O)[C@H](C)C2. The molecule has 0 aromatic carbocycles. The lowest BCUT2D eigenvalue weighted by molar-refractivity contribution is -0.139. The van der Waals surface area contributed by atoms with Crippen molar-refractivity contribution >= 4 is 35.3 Å². The van der Waals surface area contributed by atoms with Gasteiger partial charge in [-0.25, -0.2) is 9.80 Å². The van der Waals surface area contributed by atoms with Crippen LogP contribution in [0.4, 0.5) is 4.79 Å². The standard InChI is InChI=1S/C15H20ClN5O5/c1-8-4-12-11(6-21(8)15(24)25)13(18-17-12)14(23)20(3)19-10(5-16)7-26-9(2)22/h8H,4-7H2,1-3H3,(H,17,18)(H,24,25)/b19-10+/t8-/m1/s1. The van der Waals surface area contributed by atoms with Gasteiger partial charge in [-0.2, -0.15) is 10.2 Å². The zero-order chi connectivity index (χ0) is 19.4. The van der Waals surface area contributed by atoms with Gasteiger partial charge in [0.15, 0.2) is 0 Å². The van der Waals surface area contributed by atoms with Crippen molar-refractivity contribution in [2.75, 3.05) is 19.5 Å². The second-order valence-corrected chi connectivity index (χ2v) is 6.16.